The summed E-state index contributed by atoms with van der Waals surface area (Å²) in [6, 6.07) is 7.58. The van der Waals surface area contributed by atoms with Gasteiger partial charge in [-0.15, -0.1) is 0 Å². The molecule has 0 saturated heterocycles. The zero-order valence-corrected chi connectivity index (χ0v) is 36.6. The molecular formula is C42H40Br2F2N8O4. The molecule has 0 saturated carbocycles. The highest BCUT2D eigenvalue weighted by Gasteiger charge is 2.31. The molecule has 2 aromatic carbocycles. The predicted molar refractivity (Wildman–Crippen MR) is 226 cm³/mol. The van der Waals surface area contributed by atoms with Crippen molar-refractivity contribution in [3.8, 4) is 0 Å². The molecule has 2 atom stereocenters. The number of fused-ring (bicyclic) bond motifs is 6. The number of carboxylic acid groups (broad SMARTS) is 1. The molecule has 16 heteroatoms. The van der Waals surface area contributed by atoms with E-state index in [2.05, 4.69) is 52.0 Å². The number of halogens is 4. The summed E-state index contributed by atoms with van der Waals surface area (Å²) in [5.74, 6) is -2.17. The Morgan fingerprint density at radius 1 is 0.690 bits per heavy atom. The summed E-state index contributed by atoms with van der Waals surface area (Å²) in [7, 11) is 4.83. The number of esters is 1. The summed E-state index contributed by atoms with van der Waals surface area (Å²) in [4.78, 5) is 33.6. The summed E-state index contributed by atoms with van der Waals surface area (Å²) < 4.78 is 41.6. The van der Waals surface area contributed by atoms with Gasteiger partial charge in [0.25, 0.3) is 0 Å². The molecule has 0 fully saturated rings. The third kappa shape index (κ3) is 6.46. The van der Waals surface area contributed by atoms with E-state index >= 15 is 0 Å². The molecule has 0 amide bonds. The van der Waals surface area contributed by atoms with Crippen LogP contribution in [-0.4, -0.2) is 62.8 Å². The molecule has 58 heavy (non-hydrogen) atoms. The number of carboxylic acids is 1. The molecule has 6 heterocycles. The average Bonchev–Trinajstić information content (AvgIpc) is 3.86. The maximum atomic E-state index is 13.9. The van der Waals surface area contributed by atoms with Gasteiger partial charge in [-0.3, -0.25) is 19.3 Å². The number of hydrogen-bond acceptors (Lipinski definition) is 7. The normalized spacial score (nSPS) is 12.7. The summed E-state index contributed by atoms with van der Waals surface area (Å²) in [5, 5.41) is 18.4. The van der Waals surface area contributed by atoms with Crippen LogP contribution < -0.4 is 0 Å². The van der Waals surface area contributed by atoms with Crippen LogP contribution in [0.5, 0.6) is 0 Å². The van der Waals surface area contributed by atoms with E-state index in [1.54, 1.807) is 35.9 Å². The minimum atomic E-state index is -1.10. The molecule has 6 aromatic heterocycles. The van der Waals surface area contributed by atoms with Crippen molar-refractivity contribution in [1.82, 2.24) is 38.7 Å². The van der Waals surface area contributed by atoms with Crippen molar-refractivity contribution in [2.45, 2.75) is 60.5 Å². The fraction of sp³-hybridized carbons (Fsp3) is 0.286. The standard InChI is InChI=1S/2C21H20BrFN4O2/c1-10-6-14(23)7-11(2)16(10)12(3)27-15-8-13(22)9-24-17(15)19-20(27)18(21(28)29-5)25-26(19)4;1-9-6-13(23)7-10(2)15(9)12(4)27-18-11(3)14(22)8-24-16(18)19-20(27)17(21(28)29)25-26(19)5/h6-9,12H,1-5H3;6-8,12H,1-5H3,(H,28,29). The predicted octanol–water partition coefficient (Wildman–Crippen LogP) is 9.89. The number of carbonyl (C=O) groups excluding carboxylic acids is 1. The topological polar surface area (TPSA) is 135 Å². The Hall–Kier alpha value is -5.48. The van der Waals surface area contributed by atoms with Crippen molar-refractivity contribution in [1.29, 1.82) is 0 Å². The molecule has 0 radical (unpaired) electrons. The van der Waals surface area contributed by atoms with Crippen molar-refractivity contribution in [3.63, 3.8) is 0 Å². The van der Waals surface area contributed by atoms with Gasteiger partial charge in [0.2, 0.25) is 0 Å². The first-order chi connectivity index (χ1) is 27.4. The molecule has 1 N–H and O–H groups in total. The van der Waals surface area contributed by atoms with Gasteiger partial charge < -0.3 is 19.0 Å². The van der Waals surface area contributed by atoms with Crippen LogP contribution in [0.2, 0.25) is 0 Å². The van der Waals surface area contributed by atoms with Crippen LogP contribution in [0.1, 0.15) is 85.9 Å². The number of methoxy groups -OCH3 is 1. The maximum Gasteiger partial charge on any atom is 0.360 e. The second-order valence-electron chi connectivity index (χ2n) is 14.6. The number of nitrogens with zero attached hydrogens (tertiary/aromatic N) is 8. The first-order valence-electron chi connectivity index (χ1n) is 18.3. The number of benzene rings is 2. The van der Waals surface area contributed by atoms with E-state index in [0.29, 0.717) is 22.1 Å². The van der Waals surface area contributed by atoms with Gasteiger partial charge in [-0.25, -0.2) is 18.4 Å². The van der Waals surface area contributed by atoms with Gasteiger partial charge >= 0.3 is 11.9 Å². The number of ether oxygens (including phenoxy) is 1. The quantitative estimate of drug-likeness (QED) is 0.163. The second-order valence-corrected chi connectivity index (χ2v) is 16.4. The second kappa shape index (κ2) is 15.0. The fourth-order valence-electron chi connectivity index (χ4n) is 8.67. The lowest BCUT2D eigenvalue weighted by Crippen LogP contribution is -2.13. The number of carbonyl (C=O) groups is 2. The van der Waals surface area contributed by atoms with E-state index < -0.39 is 11.9 Å². The van der Waals surface area contributed by atoms with Crippen LogP contribution in [0.3, 0.4) is 0 Å². The van der Waals surface area contributed by atoms with E-state index in [0.717, 1.165) is 70.0 Å². The van der Waals surface area contributed by atoms with Crippen LogP contribution in [0.15, 0.2) is 51.7 Å². The molecule has 0 aliphatic carbocycles. The number of aryl methyl sites for hydroxylation is 7. The van der Waals surface area contributed by atoms with Crippen LogP contribution in [0, 0.1) is 46.3 Å². The van der Waals surface area contributed by atoms with Crippen molar-refractivity contribution < 1.29 is 28.2 Å². The van der Waals surface area contributed by atoms with Crippen molar-refractivity contribution in [2.24, 2.45) is 14.1 Å². The molecule has 8 rings (SSSR count). The lowest BCUT2D eigenvalue weighted by atomic mass is 9.96. The summed E-state index contributed by atoms with van der Waals surface area (Å²) in [6.07, 6.45) is 3.43. The molecule has 2 unspecified atom stereocenters. The molecule has 0 bridgehead atoms. The van der Waals surface area contributed by atoms with Gasteiger partial charge in [0.15, 0.2) is 11.4 Å². The Bertz CT molecular complexity index is 2970. The average molecular weight is 919 g/mol. The van der Waals surface area contributed by atoms with Crippen molar-refractivity contribution >= 4 is 87.9 Å². The Kier molecular flexibility index (Phi) is 10.6. The third-order valence-electron chi connectivity index (χ3n) is 10.9. The fourth-order valence-corrected chi connectivity index (χ4v) is 9.27. The number of pyridine rings is 2. The Balaban J connectivity index is 0.000000177. The zero-order chi connectivity index (χ0) is 42.2. The molecule has 8 aromatic rings. The SMILES string of the molecule is COC(=O)c1nn(C)c2c3ncc(Br)cc3n(C(C)c3c(C)cc(F)cc3C)c12.Cc1cc(F)cc(C)c1C(C)n1c2c(C)c(Br)cnc2c2c1c(C(=O)O)nn2C. The van der Waals surface area contributed by atoms with E-state index in [4.69, 9.17) is 4.74 Å². The molecule has 0 aliphatic heterocycles. The first-order valence-corrected chi connectivity index (χ1v) is 19.8. The number of aromatic nitrogens is 8. The minimum absolute atomic E-state index is 0.0275. The highest BCUT2D eigenvalue weighted by atomic mass is 79.9. The Morgan fingerprint density at radius 3 is 1.67 bits per heavy atom. The molecule has 12 nitrogen and oxygen atoms in total. The highest BCUT2D eigenvalue weighted by Crippen LogP contribution is 2.40. The Morgan fingerprint density at radius 2 is 1.16 bits per heavy atom. The van der Waals surface area contributed by atoms with Gasteiger partial charge in [-0.05, 0) is 150 Å². The van der Waals surface area contributed by atoms with E-state index in [1.165, 1.54) is 31.4 Å². The monoisotopic (exact) mass is 916 g/mol. The van der Waals surface area contributed by atoms with E-state index in [9.17, 15) is 23.5 Å². The summed E-state index contributed by atoms with van der Waals surface area (Å²) in [5.41, 5.74) is 12.1. The largest absolute Gasteiger partial charge is 0.476 e. The van der Waals surface area contributed by atoms with Gasteiger partial charge in [0, 0.05) is 35.4 Å². The highest BCUT2D eigenvalue weighted by molar-refractivity contribution is 9.10. The van der Waals surface area contributed by atoms with E-state index in [1.807, 2.05) is 63.7 Å². The smallest absolute Gasteiger partial charge is 0.360 e. The first kappa shape index (κ1) is 40.7. The Labute approximate surface area is 348 Å². The van der Waals surface area contributed by atoms with Gasteiger partial charge in [0.05, 0.1) is 30.2 Å². The minimum Gasteiger partial charge on any atom is -0.476 e. The number of hydrogen-bond donors (Lipinski definition) is 1. The lowest BCUT2D eigenvalue weighted by molar-refractivity contribution is 0.0593. The zero-order valence-electron chi connectivity index (χ0n) is 33.5. The van der Waals surface area contributed by atoms with Crippen molar-refractivity contribution in [2.75, 3.05) is 7.11 Å². The van der Waals surface area contributed by atoms with Crippen LogP contribution >= 0.6 is 31.9 Å². The molecule has 300 valence electrons. The number of rotatable bonds is 6. The molecular weight excluding hydrogens is 878 g/mol. The van der Waals surface area contributed by atoms with Gasteiger partial charge in [-0.1, -0.05) is 0 Å². The van der Waals surface area contributed by atoms with Gasteiger partial charge in [-0.2, -0.15) is 10.2 Å². The van der Waals surface area contributed by atoms with E-state index in [-0.39, 0.29) is 35.1 Å². The van der Waals surface area contributed by atoms with Crippen LogP contribution in [-0.2, 0) is 18.8 Å². The van der Waals surface area contributed by atoms with Crippen molar-refractivity contribution in [3.05, 3.63) is 114 Å². The van der Waals surface area contributed by atoms with Crippen LogP contribution in [0.25, 0.3) is 44.1 Å². The number of aromatic carboxylic acids is 1. The molecule has 0 aliphatic rings. The summed E-state index contributed by atoms with van der Waals surface area (Å²) in [6.45, 7) is 13.5. The molecule has 0 spiro atoms. The van der Waals surface area contributed by atoms with Crippen LogP contribution in [0.4, 0.5) is 8.78 Å². The summed E-state index contributed by atoms with van der Waals surface area (Å²) >= 11 is 7.04. The maximum absolute atomic E-state index is 13.9. The van der Waals surface area contributed by atoms with Gasteiger partial charge in [0.1, 0.15) is 44.7 Å². The lowest BCUT2D eigenvalue weighted by Gasteiger charge is -2.22. The third-order valence-corrected chi connectivity index (χ3v) is 12.1.